The van der Waals surface area contributed by atoms with Crippen LogP contribution in [0.25, 0.3) is 11.0 Å². The number of fused-ring (bicyclic) bond motifs is 1. The Labute approximate surface area is 149 Å². The molecule has 0 atom stereocenters. The number of methoxy groups -OCH3 is 1. The molecule has 0 spiro atoms. The number of amides is 1. The monoisotopic (exact) mass is 344 g/mol. The Balaban J connectivity index is 1.65. The summed E-state index contributed by atoms with van der Waals surface area (Å²) in [4.78, 5) is 21.6. The standard InChI is InChI=1S/C19H28N4O2/c1-21(12-13-22-10-6-3-7-11-22)19(24)14-23-17-9-5-4-8-16(17)20-18(23)15-25-2/h4-5,8-9H,3,6-7,10-15H2,1-2H3. The number of aromatic nitrogens is 2. The average molecular weight is 344 g/mol. The molecule has 0 aliphatic carbocycles. The molecule has 25 heavy (non-hydrogen) atoms. The maximum Gasteiger partial charge on any atom is 0.242 e. The van der Waals surface area contributed by atoms with E-state index in [2.05, 4.69) is 9.88 Å². The quantitative estimate of drug-likeness (QED) is 0.772. The van der Waals surface area contributed by atoms with Crippen molar-refractivity contribution in [3.63, 3.8) is 0 Å². The van der Waals surface area contributed by atoms with Crippen molar-refractivity contribution in [1.82, 2.24) is 19.4 Å². The molecule has 2 heterocycles. The second-order valence-corrected chi connectivity index (χ2v) is 6.75. The van der Waals surface area contributed by atoms with E-state index in [0.717, 1.165) is 43.0 Å². The summed E-state index contributed by atoms with van der Waals surface area (Å²) >= 11 is 0. The van der Waals surface area contributed by atoms with Crippen LogP contribution < -0.4 is 0 Å². The number of likely N-dealkylation sites (N-methyl/N-ethyl adjacent to an activating group) is 1. The van der Waals surface area contributed by atoms with Crippen molar-refractivity contribution in [1.29, 1.82) is 0 Å². The number of rotatable bonds is 7. The second kappa shape index (κ2) is 8.45. The SMILES string of the molecule is COCc1nc2ccccc2n1CC(=O)N(C)CCN1CCCCC1. The molecule has 0 saturated carbocycles. The highest BCUT2D eigenvalue weighted by molar-refractivity contribution is 5.81. The van der Waals surface area contributed by atoms with Crippen LogP contribution in [0.3, 0.4) is 0 Å². The average Bonchev–Trinajstić information content (AvgIpc) is 2.98. The largest absolute Gasteiger partial charge is 0.377 e. The van der Waals surface area contributed by atoms with Gasteiger partial charge in [0.05, 0.1) is 11.0 Å². The van der Waals surface area contributed by atoms with E-state index in [1.165, 1.54) is 19.3 Å². The lowest BCUT2D eigenvalue weighted by Crippen LogP contribution is -2.39. The smallest absolute Gasteiger partial charge is 0.242 e. The van der Waals surface area contributed by atoms with E-state index in [1.807, 2.05) is 40.8 Å². The van der Waals surface area contributed by atoms with Crippen LogP contribution in [0.5, 0.6) is 0 Å². The van der Waals surface area contributed by atoms with Gasteiger partial charge in [-0.05, 0) is 38.1 Å². The molecule has 1 fully saturated rings. The van der Waals surface area contributed by atoms with Crippen molar-refractivity contribution in [2.24, 2.45) is 0 Å². The van der Waals surface area contributed by atoms with Gasteiger partial charge >= 0.3 is 0 Å². The number of hydrogen-bond acceptors (Lipinski definition) is 4. The van der Waals surface area contributed by atoms with Crippen LogP contribution in [0.15, 0.2) is 24.3 Å². The predicted octanol–water partition coefficient (Wildman–Crippen LogP) is 2.13. The van der Waals surface area contributed by atoms with Crippen molar-refractivity contribution in [2.75, 3.05) is 40.3 Å². The topological polar surface area (TPSA) is 50.6 Å². The van der Waals surface area contributed by atoms with E-state index in [9.17, 15) is 4.79 Å². The van der Waals surface area contributed by atoms with Gasteiger partial charge in [0.15, 0.2) is 0 Å². The molecule has 0 radical (unpaired) electrons. The third-order valence-corrected chi connectivity index (χ3v) is 4.93. The number of ether oxygens (including phenoxy) is 1. The highest BCUT2D eigenvalue weighted by atomic mass is 16.5. The lowest BCUT2D eigenvalue weighted by molar-refractivity contribution is -0.130. The van der Waals surface area contributed by atoms with Gasteiger partial charge in [-0.25, -0.2) is 4.98 Å². The Morgan fingerprint density at radius 3 is 2.76 bits per heavy atom. The molecular formula is C19H28N4O2. The van der Waals surface area contributed by atoms with Gasteiger partial charge in [0, 0.05) is 27.2 Å². The summed E-state index contributed by atoms with van der Waals surface area (Å²) in [6.07, 6.45) is 3.89. The molecule has 2 aromatic rings. The summed E-state index contributed by atoms with van der Waals surface area (Å²) in [6.45, 7) is 4.75. The summed E-state index contributed by atoms with van der Waals surface area (Å²) in [7, 11) is 3.54. The molecule has 1 saturated heterocycles. The number of para-hydroxylation sites is 2. The molecule has 6 heteroatoms. The first-order valence-corrected chi connectivity index (χ1v) is 9.08. The van der Waals surface area contributed by atoms with Gasteiger partial charge < -0.3 is 19.1 Å². The zero-order valence-electron chi connectivity index (χ0n) is 15.3. The fourth-order valence-corrected chi connectivity index (χ4v) is 3.40. The molecule has 1 amide bonds. The molecule has 0 N–H and O–H groups in total. The number of likely N-dealkylation sites (tertiary alicyclic amines) is 1. The number of carbonyl (C=O) groups is 1. The fourth-order valence-electron chi connectivity index (χ4n) is 3.40. The van der Waals surface area contributed by atoms with Crippen molar-refractivity contribution < 1.29 is 9.53 Å². The Hall–Kier alpha value is -1.92. The van der Waals surface area contributed by atoms with Crippen molar-refractivity contribution in [3.8, 4) is 0 Å². The van der Waals surface area contributed by atoms with E-state index in [4.69, 9.17) is 4.74 Å². The highest BCUT2D eigenvalue weighted by Gasteiger charge is 2.17. The van der Waals surface area contributed by atoms with Crippen molar-refractivity contribution in [2.45, 2.75) is 32.4 Å². The summed E-state index contributed by atoms with van der Waals surface area (Å²) in [5.74, 6) is 0.902. The number of hydrogen-bond donors (Lipinski definition) is 0. The molecule has 136 valence electrons. The predicted molar refractivity (Wildman–Crippen MR) is 98.4 cm³/mol. The van der Waals surface area contributed by atoms with Gasteiger partial charge in [-0.3, -0.25) is 4.79 Å². The van der Waals surface area contributed by atoms with E-state index in [-0.39, 0.29) is 5.91 Å². The lowest BCUT2D eigenvalue weighted by atomic mass is 10.1. The van der Waals surface area contributed by atoms with Crippen LogP contribution in [0.4, 0.5) is 0 Å². The van der Waals surface area contributed by atoms with Crippen LogP contribution >= 0.6 is 0 Å². The maximum atomic E-state index is 12.7. The number of piperidine rings is 1. The van der Waals surface area contributed by atoms with Crippen LogP contribution in [-0.2, 0) is 22.7 Å². The number of benzene rings is 1. The molecule has 1 aliphatic heterocycles. The summed E-state index contributed by atoms with van der Waals surface area (Å²) in [6, 6.07) is 7.91. The number of carbonyl (C=O) groups excluding carboxylic acids is 1. The molecule has 1 aliphatic rings. The van der Waals surface area contributed by atoms with E-state index >= 15 is 0 Å². The van der Waals surface area contributed by atoms with Crippen LogP contribution in [0, 0.1) is 0 Å². The Morgan fingerprint density at radius 2 is 2.00 bits per heavy atom. The highest BCUT2D eigenvalue weighted by Crippen LogP contribution is 2.17. The van der Waals surface area contributed by atoms with Crippen LogP contribution in [0.1, 0.15) is 25.1 Å². The zero-order chi connectivity index (χ0) is 17.6. The van der Waals surface area contributed by atoms with E-state index in [0.29, 0.717) is 13.2 Å². The minimum Gasteiger partial charge on any atom is -0.377 e. The minimum absolute atomic E-state index is 0.109. The van der Waals surface area contributed by atoms with Crippen LogP contribution in [-0.4, -0.2) is 65.6 Å². The Morgan fingerprint density at radius 1 is 1.24 bits per heavy atom. The van der Waals surface area contributed by atoms with Gasteiger partial charge in [0.2, 0.25) is 5.91 Å². The third-order valence-electron chi connectivity index (χ3n) is 4.93. The van der Waals surface area contributed by atoms with Gasteiger partial charge in [0.1, 0.15) is 19.0 Å². The fraction of sp³-hybridized carbons (Fsp3) is 0.579. The Kier molecular flexibility index (Phi) is 6.04. The van der Waals surface area contributed by atoms with E-state index < -0.39 is 0 Å². The summed E-state index contributed by atoms with van der Waals surface area (Å²) < 4.78 is 7.22. The van der Waals surface area contributed by atoms with Gasteiger partial charge in [-0.1, -0.05) is 18.6 Å². The molecular weight excluding hydrogens is 316 g/mol. The third kappa shape index (κ3) is 4.38. The summed E-state index contributed by atoms with van der Waals surface area (Å²) in [5, 5.41) is 0. The van der Waals surface area contributed by atoms with Gasteiger partial charge in [-0.2, -0.15) is 0 Å². The van der Waals surface area contributed by atoms with Gasteiger partial charge in [-0.15, -0.1) is 0 Å². The molecule has 0 unspecified atom stereocenters. The molecule has 1 aromatic carbocycles. The minimum atomic E-state index is 0.109. The lowest BCUT2D eigenvalue weighted by Gasteiger charge is -2.28. The molecule has 0 bridgehead atoms. The summed E-state index contributed by atoms with van der Waals surface area (Å²) in [5.41, 5.74) is 1.88. The maximum absolute atomic E-state index is 12.7. The first-order valence-electron chi connectivity index (χ1n) is 9.08. The van der Waals surface area contributed by atoms with Gasteiger partial charge in [0.25, 0.3) is 0 Å². The first-order chi connectivity index (χ1) is 12.2. The number of imidazole rings is 1. The molecule has 1 aromatic heterocycles. The van der Waals surface area contributed by atoms with E-state index in [1.54, 1.807) is 7.11 Å². The normalized spacial score (nSPS) is 15.6. The Bertz CT molecular complexity index is 707. The van der Waals surface area contributed by atoms with Crippen molar-refractivity contribution >= 4 is 16.9 Å². The molecule has 3 rings (SSSR count). The zero-order valence-corrected chi connectivity index (χ0v) is 15.3. The first kappa shape index (κ1) is 17.9. The molecule has 6 nitrogen and oxygen atoms in total. The van der Waals surface area contributed by atoms with Crippen LogP contribution in [0.2, 0.25) is 0 Å². The van der Waals surface area contributed by atoms with Crippen molar-refractivity contribution in [3.05, 3.63) is 30.1 Å². The number of nitrogens with zero attached hydrogens (tertiary/aromatic N) is 4. The second-order valence-electron chi connectivity index (χ2n) is 6.75.